The van der Waals surface area contributed by atoms with E-state index < -0.39 is 0 Å². The summed E-state index contributed by atoms with van der Waals surface area (Å²) in [4.78, 5) is 4.40. The molecule has 0 amide bonds. The molecule has 0 aliphatic rings. The summed E-state index contributed by atoms with van der Waals surface area (Å²) >= 11 is 0. The molecule has 2 heteroatoms. The second-order valence-corrected chi connectivity index (χ2v) is 4.84. The predicted molar refractivity (Wildman–Crippen MR) is 75.4 cm³/mol. The lowest BCUT2D eigenvalue weighted by Crippen LogP contribution is -2.18. The minimum absolute atomic E-state index is 0.341. The number of aromatic nitrogens is 1. The summed E-state index contributed by atoms with van der Waals surface area (Å²) in [6.45, 7) is 7.16. The molecule has 0 aliphatic heterocycles. The summed E-state index contributed by atoms with van der Waals surface area (Å²) in [5.41, 5.74) is 4.90. The predicted octanol–water partition coefficient (Wildman–Crippen LogP) is 3.55. The lowest BCUT2D eigenvalue weighted by molar-refractivity contribution is 0.567. The highest BCUT2D eigenvalue weighted by molar-refractivity contribution is 5.24. The number of aryl methyl sites for hydroxylation is 2. The van der Waals surface area contributed by atoms with Crippen LogP contribution in [0.1, 0.15) is 35.3 Å². The minimum atomic E-state index is 0.341. The number of nitrogens with one attached hydrogen (secondary N) is 1. The fourth-order valence-corrected chi connectivity index (χ4v) is 1.92. The molecule has 1 N–H and O–H groups in total. The third kappa shape index (κ3) is 3.41. The van der Waals surface area contributed by atoms with Crippen LogP contribution in [0.25, 0.3) is 0 Å². The van der Waals surface area contributed by atoms with Crippen LogP contribution in [0.2, 0.25) is 0 Å². The van der Waals surface area contributed by atoms with Crippen LogP contribution in [0, 0.1) is 13.8 Å². The van der Waals surface area contributed by atoms with Crippen LogP contribution < -0.4 is 5.32 Å². The molecule has 0 aliphatic carbocycles. The normalized spacial score (nSPS) is 12.4. The third-order valence-corrected chi connectivity index (χ3v) is 3.10. The number of nitrogens with zero attached hydrogens (tertiary/aromatic N) is 1. The third-order valence-electron chi connectivity index (χ3n) is 3.10. The van der Waals surface area contributed by atoms with Crippen molar-refractivity contribution in [1.82, 2.24) is 10.3 Å². The van der Waals surface area contributed by atoms with Gasteiger partial charge in [-0.2, -0.15) is 0 Å². The fraction of sp³-hybridized carbons (Fsp3) is 0.312. The Hall–Kier alpha value is -1.67. The number of hydrogen-bond acceptors (Lipinski definition) is 2. The zero-order valence-electron chi connectivity index (χ0n) is 11.3. The van der Waals surface area contributed by atoms with Gasteiger partial charge in [-0.15, -0.1) is 0 Å². The van der Waals surface area contributed by atoms with Gasteiger partial charge >= 0.3 is 0 Å². The van der Waals surface area contributed by atoms with Crippen molar-refractivity contribution in [2.24, 2.45) is 0 Å². The molecule has 0 radical (unpaired) electrons. The summed E-state index contributed by atoms with van der Waals surface area (Å²) in [5.74, 6) is 0. The molecule has 0 spiro atoms. The van der Waals surface area contributed by atoms with E-state index in [1.165, 1.54) is 16.7 Å². The number of hydrogen-bond donors (Lipinski definition) is 1. The second-order valence-electron chi connectivity index (χ2n) is 4.84. The van der Waals surface area contributed by atoms with Gasteiger partial charge in [0.05, 0.1) is 5.69 Å². The molecular formula is C16H20N2. The van der Waals surface area contributed by atoms with Crippen molar-refractivity contribution in [3.05, 3.63) is 65.0 Å². The van der Waals surface area contributed by atoms with Crippen LogP contribution in [-0.2, 0) is 6.54 Å². The van der Waals surface area contributed by atoms with Crippen molar-refractivity contribution in [1.29, 1.82) is 0 Å². The van der Waals surface area contributed by atoms with Crippen molar-refractivity contribution in [2.75, 3.05) is 0 Å². The minimum Gasteiger partial charge on any atom is -0.305 e. The van der Waals surface area contributed by atoms with E-state index in [2.05, 4.69) is 67.5 Å². The first-order valence-electron chi connectivity index (χ1n) is 6.36. The van der Waals surface area contributed by atoms with Gasteiger partial charge in [-0.25, -0.2) is 0 Å². The van der Waals surface area contributed by atoms with E-state index >= 15 is 0 Å². The summed E-state index contributed by atoms with van der Waals surface area (Å²) in [6.07, 6.45) is 1.91. The van der Waals surface area contributed by atoms with E-state index in [4.69, 9.17) is 0 Å². The highest BCUT2D eigenvalue weighted by Crippen LogP contribution is 2.14. The monoisotopic (exact) mass is 240 g/mol. The van der Waals surface area contributed by atoms with Crippen LogP contribution in [-0.4, -0.2) is 4.98 Å². The maximum atomic E-state index is 4.40. The zero-order valence-corrected chi connectivity index (χ0v) is 11.3. The van der Waals surface area contributed by atoms with Gasteiger partial charge in [-0.1, -0.05) is 35.9 Å². The van der Waals surface area contributed by atoms with Crippen molar-refractivity contribution < 1.29 is 0 Å². The quantitative estimate of drug-likeness (QED) is 0.884. The first-order valence-corrected chi connectivity index (χ1v) is 6.36. The van der Waals surface area contributed by atoms with Gasteiger partial charge < -0.3 is 5.32 Å². The van der Waals surface area contributed by atoms with E-state index in [1.54, 1.807) is 0 Å². The largest absolute Gasteiger partial charge is 0.305 e. The lowest BCUT2D eigenvalue weighted by Gasteiger charge is -2.14. The molecule has 1 atom stereocenters. The van der Waals surface area contributed by atoms with Crippen LogP contribution >= 0.6 is 0 Å². The Labute approximate surface area is 109 Å². The molecule has 0 bridgehead atoms. The highest BCUT2D eigenvalue weighted by atomic mass is 14.9. The summed E-state index contributed by atoms with van der Waals surface area (Å²) in [5, 5.41) is 3.50. The van der Waals surface area contributed by atoms with E-state index in [9.17, 15) is 0 Å². The van der Waals surface area contributed by atoms with Crippen molar-refractivity contribution >= 4 is 0 Å². The standard InChI is InChI=1S/C16H20N2/c1-12-5-4-6-15(9-12)14(3)17-11-16-8-7-13(2)10-18-16/h4-10,14,17H,11H2,1-3H3/t14-/m0/s1. The van der Waals surface area contributed by atoms with Gasteiger partial charge in [-0.3, -0.25) is 4.98 Å². The molecule has 18 heavy (non-hydrogen) atoms. The Kier molecular flexibility index (Phi) is 4.11. The fourth-order valence-electron chi connectivity index (χ4n) is 1.92. The Bertz CT molecular complexity index is 503. The van der Waals surface area contributed by atoms with E-state index in [1.807, 2.05) is 6.20 Å². The average molecular weight is 240 g/mol. The Morgan fingerprint density at radius 1 is 1.11 bits per heavy atom. The van der Waals surface area contributed by atoms with Gasteiger partial charge in [0.1, 0.15) is 0 Å². The average Bonchev–Trinajstić information content (AvgIpc) is 2.38. The van der Waals surface area contributed by atoms with Gasteiger partial charge in [0.15, 0.2) is 0 Å². The molecular weight excluding hydrogens is 220 g/mol. The maximum absolute atomic E-state index is 4.40. The van der Waals surface area contributed by atoms with Crippen molar-refractivity contribution in [3.8, 4) is 0 Å². The Morgan fingerprint density at radius 3 is 2.61 bits per heavy atom. The molecule has 1 aromatic heterocycles. The maximum Gasteiger partial charge on any atom is 0.0542 e. The van der Waals surface area contributed by atoms with Gasteiger partial charge in [0.25, 0.3) is 0 Å². The first-order chi connectivity index (χ1) is 8.65. The molecule has 2 aromatic rings. The molecule has 1 aromatic carbocycles. The van der Waals surface area contributed by atoms with E-state index in [0.717, 1.165) is 12.2 Å². The lowest BCUT2D eigenvalue weighted by atomic mass is 10.1. The van der Waals surface area contributed by atoms with Gasteiger partial charge in [0.2, 0.25) is 0 Å². The van der Waals surface area contributed by atoms with Crippen LogP contribution in [0.5, 0.6) is 0 Å². The Morgan fingerprint density at radius 2 is 1.94 bits per heavy atom. The zero-order chi connectivity index (χ0) is 13.0. The van der Waals surface area contributed by atoms with Crippen molar-refractivity contribution in [2.45, 2.75) is 33.4 Å². The van der Waals surface area contributed by atoms with E-state index in [-0.39, 0.29) is 0 Å². The van der Waals surface area contributed by atoms with Crippen molar-refractivity contribution in [3.63, 3.8) is 0 Å². The number of pyridine rings is 1. The molecule has 0 fully saturated rings. The highest BCUT2D eigenvalue weighted by Gasteiger charge is 2.05. The topological polar surface area (TPSA) is 24.9 Å². The van der Waals surface area contributed by atoms with Crippen LogP contribution in [0.3, 0.4) is 0 Å². The molecule has 2 rings (SSSR count). The molecule has 2 nitrogen and oxygen atoms in total. The number of benzene rings is 1. The molecule has 1 heterocycles. The van der Waals surface area contributed by atoms with Crippen LogP contribution in [0.15, 0.2) is 42.6 Å². The summed E-state index contributed by atoms with van der Waals surface area (Å²) in [7, 11) is 0. The Balaban J connectivity index is 1.96. The first kappa shape index (κ1) is 12.8. The second kappa shape index (κ2) is 5.78. The van der Waals surface area contributed by atoms with Gasteiger partial charge in [0, 0.05) is 18.8 Å². The summed E-state index contributed by atoms with van der Waals surface area (Å²) < 4.78 is 0. The van der Waals surface area contributed by atoms with Gasteiger partial charge in [-0.05, 0) is 38.0 Å². The number of rotatable bonds is 4. The molecule has 0 unspecified atom stereocenters. The molecule has 0 saturated carbocycles. The summed E-state index contributed by atoms with van der Waals surface area (Å²) in [6, 6.07) is 13.1. The SMILES string of the molecule is Cc1ccc(CN[C@@H](C)c2cccc(C)c2)nc1. The van der Waals surface area contributed by atoms with E-state index in [0.29, 0.717) is 6.04 Å². The molecule has 0 saturated heterocycles. The smallest absolute Gasteiger partial charge is 0.0542 e. The van der Waals surface area contributed by atoms with Crippen LogP contribution in [0.4, 0.5) is 0 Å². The molecule has 94 valence electrons.